The first kappa shape index (κ1) is 16.9. The van der Waals surface area contributed by atoms with Gasteiger partial charge in [-0.1, -0.05) is 39.5 Å². The van der Waals surface area contributed by atoms with Crippen molar-refractivity contribution in [2.75, 3.05) is 6.54 Å². The maximum atomic E-state index is 11.9. The third-order valence-corrected chi connectivity index (χ3v) is 2.91. The lowest BCUT2D eigenvalue weighted by atomic mass is 9.96. The summed E-state index contributed by atoms with van der Waals surface area (Å²) < 4.78 is 0. The Hall–Kier alpha value is -1.10. The Morgan fingerprint density at radius 1 is 1.11 bits per heavy atom. The van der Waals surface area contributed by atoms with Gasteiger partial charge in [0.05, 0.1) is 0 Å². The molecule has 0 aromatic carbocycles. The Labute approximate surface area is 109 Å². The molecule has 0 saturated heterocycles. The van der Waals surface area contributed by atoms with Crippen LogP contribution >= 0.6 is 0 Å². The van der Waals surface area contributed by atoms with Gasteiger partial charge in [0.2, 0.25) is 11.8 Å². The van der Waals surface area contributed by atoms with E-state index in [2.05, 4.69) is 19.2 Å². The number of hydrogen-bond donors (Lipinski definition) is 3. The Balaban J connectivity index is 4.16. The van der Waals surface area contributed by atoms with Crippen LogP contribution in [0.25, 0.3) is 0 Å². The predicted molar refractivity (Wildman–Crippen MR) is 70.1 cm³/mol. The molecule has 5 heteroatoms. The molecular weight excluding hydrogens is 232 g/mol. The third-order valence-electron chi connectivity index (χ3n) is 2.91. The highest BCUT2D eigenvalue weighted by Gasteiger charge is 2.20. The average molecular weight is 258 g/mol. The van der Waals surface area contributed by atoms with Crippen molar-refractivity contribution in [1.29, 1.82) is 0 Å². The molecule has 0 aromatic rings. The van der Waals surface area contributed by atoms with Gasteiger partial charge in [0.25, 0.3) is 0 Å². The number of carbonyl (C=O) groups excluding carboxylic acids is 2. The molecule has 2 amide bonds. The maximum absolute atomic E-state index is 11.9. The SMILES string of the molecule is CCCCC[C@H](CC(=O)NO)C(=O)NCCCC. The largest absolute Gasteiger partial charge is 0.356 e. The molecule has 0 heterocycles. The van der Waals surface area contributed by atoms with Crippen molar-refractivity contribution in [3.8, 4) is 0 Å². The lowest BCUT2D eigenvalue weighted by molar-refractivity contribution is -0.135. The van der Waals surface area contributed by atoms with Crippen LogP contribution in [0.3, 0.4) is 0 Å². The van der Waals surface area contributed by atoms with Crippen LogP contribution in [0, 0.1) is 5.92 Å². The van der Waals surface area contributed by atoms with Gasteiger partial charge in [-0.15, -0.1) is 0 Å². The van der Waals surface area contributed by atoms with E-state index < -0.39 is 5.91 Å². The summed E-state index contributed by atoms with van der Waals surface area (Å²) in [5, 5.41) is 11.4. The van der Waals surface area contributed by atoms with E-state index in [-0.39, 0.29) is 18.2 Å². The molecule has 0 unspecified atom stereocenters. The Morgan fingerprint density at radius 2 is 1.78 bits per heavy atom. The number of rotatable bonds is 10. The normalized spacial score (nSPS) is 11.9. The summed E-state index contributed by atoms with van der Waals surface area (Å²) >= 11 is 0. The molecule has 0 aliphatic rings. The van der Waals surface area contributed by atoms with E-state index in [1.165, 1.54) is 0 Å². The molecule has 18 heavy (non-hydrogen) atoms. The highest BCUT2D eigenvalue weighted by atomic mass is 16.5. The maximum Gasteiger partial charge on any atom is 0.244 e. The van der Waals surface area contributed by atoms with Crippen LogP contribution in [0.4, 0.5) is 0 Å². The smallest absolute Gasteiger partial charge is 0.244 e. The van der Waals surface area contributed by atoms with Gasteiger partial charge in [0, 0.05) is 18.9 Å². The molecule has 0 fully saturated rings. The van der Waals surface area contributed by atoms with Gasteiger partial charge in [-0.25, -0.2) is 5.48 Å². The standard InChI is InChI=1S/C13H26N2O3/c1-3-5-7-8-11(10-12(16)15-18)13(17)14-9-6-4-2/h11,18H,3-10H2,1-2H3,(H,14,17)(H,15,16)/t11-/m1/s1. The zero-order valence-corrected chi connectivity index (χ0v) is 11.5. The summed E-state index contributed by atoms with van der Waals surface area (Å²) in [5.74, 6) is -0.911. The summed E-state index contributed by atoms with van der Waals surface area (Å²) in [7, 11) is 0. The molecule has 0 rings (SSSR count). The van der Waals surface area contributed by atoms with Crippen molar-refractivity contribution < 1.29 is 14.8 Å². The van der Waals surface area contributed by atoms with Gasteiger partial charge in [-0.3, -0.25) is 14.8 Å². The minimum Gasteiger partial charge on any atom is -0.356 e. The second-order valence-corrected chi connectivity index (χ2v) is 4.58. The van der Waals surface area contributed by atoms with Gasteiger partial charge < -0.3 is 5.32 Å². The number of hydroxylamine groups is 1. The zero-order chi connectivity index (χ0) is 13.8. The summed E-state index contributed by atoms with van der Waals surface area (Å²) in [4.78, 5) is 23.0. The van der Waals surface area contributed by atoms with Gasteiger partial charge >= 0.3 is 0 Å². The number of nitrogens with one attached hydrogen (secondary N) is 2. The molecule has 0 aliphatic heterocycles. The highest BCUT2D eigenvalue weighted by molar-refractivity contribution is 5.85. The van der Waals surface area contributed by atoms with E-state index in [1.807, 2.05) is 0 Å². The second kappa shape index (κ2) is 11.0. The van der Waals surface area contributed by atoms with Crippen molar-refractivity contribution in [2.45, 2.75) is 58.8 Å². The van der Waals surface area contributed by atoms with Crippen LogP contribution in [0.5, 0.6) is 0 Å². The Bertz CT molecular complexity index is 244. The molecule has 0 aromatic heterocycles. The van der Waals surface area contributed by atoms with E-state index in [1.54, 1.807) is 5.48 Å². The fourth-order valence-electron chi connectivity index (χ4n) is 1.77. The van der Waals surface area contributed by atoms with Crippen LogP contribution < -0.4 is 10.8 Å². The van der Waals surface area contributed by atoms with Crippen molar-refractivity contribution in [1.82, 2.24) is 10.8 Å². The first-order valence-corrected chi connectivity index (χ1v) is 6.86. The Kier molecular flexibility index (Phi) is 10.3. The molecule has 5 nitrogen and oxygen atoms in total. The highest BCUT2D eigenvalue weighted by Crippen LogP contribution is 2.14. The van der Waals surface area contributed by atoms with Crippen molar-refractivity contribution in [3.63, 3.8) is 0 Å². The van der Waals surface area contributed by atoms with Crippen LogP contribution in [0.1, 0.15) is 58.8 Å². The van der Waals surface area contributed by atoms with Crippen LogP contribution in [-0.2, 0) is 9.59 Å². The molecular formula is C13H26N2O3. The number of carbonyl (C=O) groups is 2. The average Bonchev–Trinajstić information content (AvgIpc) is 2.37. The lowest BCUT2D eigenvalue weighted by Gasteiger charge is -2.15. The third kappa shape index (κ3) is 8.06. The van der Waals surface area contributed by atoms with E-state index >= 15 is 0 Å². The monoisotopic (exact) mass is 258 g/mol. The van der Waals surface area contributed by atoms with Crippen molar-refractivity contribution in [3.05, 3.63) is 0 Å². The molecule has 0 radical (unpaired) electrons. The summed E-state index contributed by atoms with van der Waals surface area (Å²) in [6.45, 7) is 4.81. The number of unbranched alkanes of at least 4 members (excludes halogenated alkanes) is 3. The first-order chi connectivity index (χ1) is 8.65. The summed E-state index contributed by atoms with van der Waals surface area (Å²) in [6.07, 6.45) is 5.78. The molecule has 106 valence electrons. The summed E-state index contributed by atoms with van der Waals surface area (Å²) in [5.41, 5.74) is 1.59. The van der Waals surface area contributed by atoms with Crippen LogP contribution in [0.2, 0.25) is 0 Å². The van der Waals surface area contributed by atoms with Gasteiger partial charge in [-0.2, -0.15) is 0 Å². The van der Waals surface area contributed by atoms with E-state index in [9.17, 15) is 9.59 Å². The molecule has 0 saturated carbocycles. The molecule has 0 bridgehead atoms. The van der Waals surface area contributed by atoms with Gasteiger partial charge in [0.1, 0.15) is 0 Å². The minimum absolute atomic E-state index is 0.0537. The molecule has 1 atom stereocenters. The quantitative estimate of drug-likeness (QED) is 0.318. The molecule has 3 N–H and O–H groups in total. The fourth-order valence-corrected chi connectivity index (χ4v) is 1.77. The van der Waals surface area contributed by atoms with Gasteiger partial charge in [0.15, 0.2) is 0 Å². The number of hydrogen-bond acceptors (Lipinski definition) is 3. The van der Waals surface area contributed by atoms with Gasteiger partial charge in [-0.05, 0) is 12.8 Å². The van der Waals surface area contributed by atoms with Crippen LogP contribution in [-0.4, -0.2) is 23.6 Å². The minimum atomic E-state index is -0.498. The molecule has 0 spiro atoms. The predicted octanol–water partition coefficient (Wildman–Crippen LogP) is 1.99. The fraction of sp³-hybridized carbons (Fsp3) is 0.846. The van der Waals surface area contributed by atoms with Crippen molar-refractivity contribution in [2.24, 2.45) is 5.92 Å². The van der Waals surface area contributed by atoms with E-state index in [0.717, 1.165) is 32.1 Å². The number of amides is 2. The topological polar surface area (TPSA) is 78.4 Å². The lowest BCUT2D eigenvalue weighted by Crippen LogP contribution is -2.34. The first-order valence-electron chi connectivity index (χ1n) is 6.86. The molecule has 0 aliphatic carbocycles. The van der Waals surface area contributed by atoms with E-state index in [4.69, 9.17) is 5.21 Å². The summed E-state index contributed by atoms with van der Waals surface area (Å²) in [6, 6.07) is 0. The Morgan fingerprint density at radius 3 is 2.33 bits per heavy atom. The van der Waals surface area contributed by atoms with Crippen molar-refractivity contribution >= 4 is 11.8 Å². The van der Waals surface area contributed by atoms with E-state index in [0.29, 0.717) is 13.0 Å². The second-order valence-electron chi connectivity index (χ2n) is 4.58. The van der Waals surface area contributed by atoms with Crippen LogP contribution in [0.15, 0.2) is 0 Å². The zero-order valence-electron chi connectivity index (χ0n) is 11.5.